The van der Waals surface area contributed by atoms with Crippen LogP contribution in [0, 0.1) is 46.3 Å². The van der Waals surface area contributed by atoms with Crippen LogP contribution >= 0.6 is 0 Å². The zero-order chi connectivity index (χ0) is 23.1. The Morgan fingerprint density at radius 1 is 1.00 bits per heavy atom. The van der Waals surface area contributed by atoms with E-state index in [9.17, 15) is 10.2 Å². The van der Waals surface area contributed by atoms with Crippen molar-refractivity contribution in [1.29, 1.82) is 0 Å². The summed E-state index contributed by atoms with van der Waals surface area (Å²) >= 11 is 0. The smallest absolute Gasteiger partial charge is 0.175 e. The van der Waals surface area contributed by atoms with Crippen molar-refractivity contribution in [1.82, 2.24) is 0 Å². The molecule has 0 aromatic heterocycles. The molecule has 4 rings (SSSR count). The van der Waals surface area contributed by atoms with Crippen LogP contribution in [0.15, 0.2) is 11.6 Å². The van der Waals surface area contributed by atoms with E-state index in [0.29, 0.717) is 10.8 Å². The minimum absolute atomic E-state index is 0.0396. The third-order valence-corrected chi connectivity index (χ3v) is 10.7. The molecule has 0 bridgehead atoms. The summed E-state index contributed by atoms with van der Waals surface area (Å²) in [6.45, 7) is 12.6. The zero-order valence-electron chi connectivity index (χ0n) is 21.5. The Morgan fingerprint density at radius 2 is 1.78 bits per heavy atom. The number of aliphatic hydroxyl groups is 2. The highest BCUT2D eigenvalue weighted by Crippen LogP contribution is 2.67. The molecule has 8 atom stereocenters. The predicted octanol–water partition coefficient (Wildman–Crippen LogP) is 6.72. The van der Waals surface area contributed by atoms with Crippen molar-refractivity contribution in [2.75, 3.05) is 6.61 Å². The number of rotatable bonds is 8. The lowest BCUT2D eigenvalue weighted by Crippen LogP contribution is -2.51. The fourth-order valence-electron chi connectivity index (χ4n) is 9.02. The molecule has 0 saturated heterocycles. The number of hydrogen-bond donors (Lipinski definition) is 2. The van der Waals surface area contributed by atoms with Crippen molar-refractivity contribution in [2.24, 2.45) is 46.3 Å². The Hall–Kier alpha value is -0.380. The maximum absolute atomic E-state index is 9.18. The number of fused-ring (bicyclic) bond motifs is 5. The van der Waals surface area contributed by atoms with Crippen molar-refractivity contribution in [2.45, 2.75) is 118 Å². The van der Waals surface area contributed by atoms with Crippen LogP contribution in [0.5, 0.6) is 0 Å². The number of hydrogen-bond acceptors (Lipinski definition) is 3. The van der Waals surface area contributed by atoms with Crippen LogP contribution in [0.3, 0.4) is 0 Å². The van der Waals surface area contributed by atoms with E-state index in [1.165, 1.54) is 57.8 Å². The van der Waals surface area contributed by atoms with E-state index >= 15 is 0 Å². The first-order chi connectivity index (χ1) is 15.1. The first-order valence-corrected chi connectivity index (χ1v) is 13.8. The summed E-state index contributed by atoms with van der Waals surface area (Å²) in [7, 11) is 0. The largest absolute Gasteiger partial charge is 0.373 e. The highest BCUT2D eigenvalue weighted by atomic mass is 16.5. The summed E-state index contributed by atoms with van der Waals surface area (Å²) < 4.78 is 5.81. The quantitative estimate of drug-likeness (QED) is 0.321. The molecule has 184 valence electrons. The van der Waals surface area contributed by atoms with E-state index in [4.69, 9.17) is 4.74 Å². The molecule has 3 nitrogen and oxygen atoms in total. The van der Waals surface area contributed by atoms with Crippen LogP contribution in [-0.4, -0.2) is 29.2 Å². The SMILES string of the molecule is CC(C)CCC[C@@H](C)[C@H]1CC[C@H]2C3CC=C4C[C@@H](OCC(O)O)CCC4(C)[C@H]3CC[C@]12C. The second-order valence-corrected chi connectivity index (χ2v) is 13.0. The third kappa shape index (κ3) is 4.60. The summed E-state index contributed by atoms with van der Waals surface area (Å²) in [5.74, 6) is 5.24. The van der Waals surface area contributed by atoms with Crippen LogP contribution in [0.1, 0.15) is 105 Å². The van der Waals surface area contributed by atoms with Gasteiger partial charge in [0.05, 0.1) is 12.7 Å². The van der Waals surface area contributed by atoms with Crippen molar-refractivity contribution in [3.63, 3.8) is 0 Å². The topological polar surface area (TPSA) is 49.7 Å². The molecule has 0 amide bonds. The molecule has 0 aromatic rings. The molecule has 2 N–H and O–H groups in total. The number of allylic oxidation sites excluding steroid dienone is 1. The minimum Gasteiger partial charge on any atom is -0.373 e. The van der Waals surface area contributed by atoms with Gasteiger partial charge in [0.1, 0.15) is 0 Å². The van der Waals surface area contributed by atoms with Crippen LogP contribution in [0.2, 0.25) is 0 Å². The van der Waals surface area contributed by atoms with Gasteiger partial charge in [-0.15, -0.1) is 0 Å². The molecule has 4 aliphatic carbocycles. The molecule has 0 heterocycles. The Labute approximate surface area is 197 Å². The number of aliphatic hydroxyl groups excluding tert-OH is 1. The van der Waals surface area contributed by atoms with Gasteiger partial charge in [0.15, 0.2) is 6.29 Å². The van der Waals surface area contributed by atoms with Gasteiger partial charge in [0.25, 0.3) is 0 Å². The van der Waals surface area contributed by atoms with Crippen molar-refractivity contribution in [3.05, 3.63) is 11.6 Å². The second-order valence-electron chi connectivity index (χ2n) is 13.0. The van der Waals surface area contributed by atoms with Gasteiger partial charge in [-0.05, 0) is 97.7 Å². The van der Waals surface area contributed by atoms with Crippen LogP contribution < -0.4 is 0 Å². The molecule has 4 aliphatic rings. The molecule has 0 radical (unpaired) electrons. The zero-order valence-corrected chi connectivity index (χ0v) is 21.5. The van der Waals surface area contributed by atoms with E-state index in [2.05, 4.69) is 40.7 Å². The first kappa shape index (κ1) is 24.7. The lowest BCUT2D eigenvalue weighted by atomic mass is 9.47. The molecule has 3 saturated carbocycles. The average Bonchev–Trinajstić information content (AvgIpc) is 3.09. The molecule has 3 fully saturated rings. The summed E-state index contributed by atoms with van der Waals surface area (Å²) in [6, 6.07) is 0. The van der Waals surface area contributed by atoms with Gasteiger partial charge in [-0.3, -0.25) is 0 Å². The molecule has 0 spiro atoms. The Morgan fingerprint density at radius 3 is 2.50 bits per heavy atom. The Kier molecular flexibility index (Phi) is 7.50. The normalized spacial score (nSPS) is 42.4. The van der Waals surface area contributed by atoms with Gasteiger partial charge in [0.2, 0.25) is 0 Å². The fourth-order valence-corrected chi connectivity index (χ4v) is 9.02. The first-order valence-electron chi connectivity index (χ1n) is 13.8. The van der Waals surface area contributed by atoms with Gasteiger partial charge in [-0.2, -0.15) is 0 Å². The highest BCUT2D eigenvalue weighted by Gasteiger charge is 2.59. The summed E-state index contributed by atoms with van der Waals surface area (Å²) in [4.78, 5) is 0. The van der Waals surface area contributed by atoms with E-state index in [-0.39, 0.29) is 12.7 Å². The van der Waals surface area contributed by atoms with Gasteiger partial charge in [-0.25, -0.2) is 0 Å². The van der Waals surface area contributed by atoms with E-state index < -0.39 is 6.29 Å². The van der Waals surface area contributed by atoms with E-state index in [1.54, 1.807) is 5.57 Å². The Balaban J connectivity index is 1.44. The van der Waals surface area contributed by atoms with E-state index in [1.807, 2.05) is 0 Å². The molecular weight excluding hydrogens is 396 g/mol. The lowest BCUT2D eigenvalue weighted by Gasteiger charge is -2.58. The van der Waals surface area contributed by atoms with Crippen LogP contribution in [0.4, 0.5) is 0 Å². The molecule has 0 aromatic carbocycles. The molecular formula is C29H50O3. The van der Waals surface area contributed by atoms with Gasteiger partial charge < -0.3 is 14.9 Å². The number of ether oxygens (including phenoxy) is 1. The van der Waals surface area contributed by atoms with Crippen molar-refractivity contribution in [3.8, 4) is 0 Å². The van der Waals surface area contributed by atoms with Gasteiger partial charge >= 0.3 is 0 Å². The molecule has 32 heavy (non-hydrogen) atoms. The maximum Gasteiger partial charge on any atom is 0.175 e. The molecule has 3 heteroatoms. The van der Waals surface area contributed by atoms with Crippen molar-refractivity contribution >= 4 is 0 Å². The highest BCUT2D eigenvalue weighted by molar-refractivity contribution is 5.25. The van der Waals surface area contributed by atoms with Crippen molar-refractivity contribution < 1.29 is 14.9 Å². The van der Waals surface area contributed by atoms with Gasteiger partial charge in [-0.1, -0.05) is 65.5 Å². The van der Waals surface area contributed by atoms with Crippen LogP contribution in [0.25, 0.3) is 0 Å². The minimum atomic E-state index is -1.35. The predicted molar refractivity (Wildman–Crippen MR) is 131 cm³/mol. The van der Waals surface area contributed by atoms with E-state index in [0.717, 1.165) is 48.3 Å². The fraction of sp³-hybridized carbons (Fsp3) is 0.931. The monoisotopic (exact) mass is 446 g/mol. The maximum atomic E-state index is 9.18. The summed E-state index contributed by atoms with van der Waals surface area (Å²) in [5, 5.41) is 18.4. The summed E-state index contributed by atoms with van der Waals surface area (Å²) in [6.07, 6.45) is 15.9. The second kappa shape index (κ2) is 9.70. The molecule has 0 aliphatic heterocycles. The average molecular weight is 447 g/mol. The Bertz CT molecular complexity index is 669. The summed E-state index contributed by atoms with van der Waals surface area (Å²) in [5.41, 5.74) is 2.50. The third-order valence-electron chi connectivity index (χ3n) is 10.7. The lowest BCUT2D eigenvalue weighted by molar-refractivity contribution is -0.122. The standard InChI is InChI=1S/C29H50O3/c1-19(2)7-6-8-20(3)24-11-12-25-23-10-9-21-17-22(32-18-27(30)31)13-15-28(21,4)26(23)14-16-29(24,25)5/h9,19-20,22-27,30-31H,6-8,10-18H2,1-5H3/t20-,22+,23?,24-,25+,26+,28?,29-/m1/s1. The molecule has 2 unspecified atom stereocenters. The van der Waals surface area contributed by atoms with Crippen LogP contribution in [-0.2, 0) is 4.74 Å². The van der Waals surface area contributed by atoms with Gasteiger partial charge in [0, 0.05) is 0 Å².